The monoisotopic (exact) mass is 262 g/mol. The van der Waals surface area contributed by atoms with Gasteiger partial charge in [0.05, 0.1) is 5.75 Å². The lowest BCUT2D eigenvalue weighted by molar-refractivity contribution is 0.242. The van der Waals surface area contributed by atoms with Crippen molar-refractivity contribution in [2.45, 2.75) is 20.3 Å². The Balaban J connectivity index is 2.32. The summed E-state index contributed by atoms with van der Waals surface area (Å²) < 4.78 is 22.3. The van der Waals surface area contributed by atoms with E-state index in [1.165, 1.54) is 6.26 Å². The molecule has 0 unspecified atom stereocenters. The van der Waals surface area contributed by atoms with Crippen LogP contribution in [0, 0.1) is 5.92 Å². The van der Waals surface area contributed by atoms with Crippen molar-refractivity contribution in [2.24, 2.45) is 5.92 Å². The second kappa shape index (κ2) is 6.71. The number of hydrogen-bond acceptors (Lipinski definition) is 4. The Morgan fingerprint density at radius 1 is 1.06 bits per heavy atom. The highest BCUT2D eigenvalue weighted by atomic mass is 32.2. The molecular weight excluding hydrogens is 236 g/mol. The highest BCUT2D eigenvalue weighted by molar-refractivity contribution is 7.90. The third-order valence-corrected chi connectivity index (χ3v) is 4.01. The van der Waals surface area contributed by atoms with Crippen molar-refractivity contribution in [1.82, 2.24) is 9.80 Å². The lowest BCUT2D eigenvalue weighted by atomic mass is 10.2. The van der Waals surface area contributed by atoms with E-state index in [1.54, 1.807) is 0 Å². The number of rotatable bonds is 5. The SMILES string of the molecule is CC(C)CN1CCCN(CCS(C)(=O)=O)CC1. The van der Waals surface area contributed by atoms with Crippen molar-refractivity contribution >= 4 is 9.84 Å². The molecule has 0 aliphatic carbocycles. The van der Waals surface area contributed by atoms with Gasteiger partial charge in [-0.15, -0.1) is 0 Å². The first-order chi connectivity index (χ1) is 7.87. The van der Waals surface area contributed by atoms with E-state index < -0.39 is 9.84 Å². The Kier molecular flexibility index (Phi) is 5.89. The minimum Gasteiger partial charge on any atom is -0.302 e. The summed E-state index contributed by atoms with van der Waals surface area (Å²) in [5, 5.41) is 0. The molecule has 102 valence electrons. The average Bonchev–Trinajstić information content (AvgIpc) is 2.38. The van der Waals surface area contributed by atoms with Crippen LogP contribution in [-0.2, 0) is 9.84 Å². The van der Waals surface area contributed by atoms with Crippen molar-refractivity contribution < 1.29 is 8.42 Å². The largest absolute Gasteiger partial charge is 0.302 e. The van der Waals surface area contributed by atoms with E-state index in [1.807, 2.05) is 0 Å². The lowest BCUT2D eigenvalue weighted by Crippen LogP contribution is -2.34. The van der Waals surface area contributed by atoms with Crippen LogP contribution in [0.2, 0.25) is 0 Å². The molecule has 1 aliphatic rings. The maximum atomic E-state index is 11.1. The van der Waals surface area contributed by atoms with Gasteiger partial charge in [0.25, 0.3) is 0 Å². The van der Waals surface area contributed by atoms with Crippen LogP contribution in [0.4, 0.5) is 0 Å². The molecule has 0 spiro atoms. The molecule has 1 saturated heterocycles. The molecule has 0 aromatic carbocycles. The summed E-state index contributed by atoms with van der Waals surface area (Å²) in [7, 11) is -2.82. The molecule has 1 rings (SSSR count). The summed E-state index contributed by atoms with van der Waals surface area (Å²) in [4.78, 5) is 4.77. The first kappa shape index (κ1) is 14.9. The fraction of sp³-hybridized carbons (Fsp3) is 1.00. The van der Waals surface area contributed by atoms with E-state index in [9.17, 15) is 8.42 Å². The van der Waals surface area contributed by atoms with E-state index in [-0.39, 0.29) is 5.75 Å². The average molecular weight is 262 g/mol. The predicted octanol–water partition coefficient (Wildman–Crippen LogP) is 0.695. The van der Waals surface area contributed by atoms with Crippen LogP contribution in [0.15, 0.2) is 0 Å². The van der Waals surface area contributed by atoms with Gasteiger partial charge in [0.15, 0.2) is 0 Å². The fourth-order valence-corrected chi connectivity index (χ4v) is 2.83. The van der Waals surface area contributed by atoms with E-state index in [0.717, 1.165) is 39.1 Å². The van der Waals surface area contributed by atoms with Crippen LogP contribution in [0.5, 0.6) is 0 Å². The zero-order valence-corrected chi connectivity index (χ0v) is 12.2. The number of hydrogen-bond donors (Lipinski definition) is 0. The van der Waals surface area contributed by atoms with Gasteiger partial charge in [-0.1, -0.05) is 13.8 Å². The first-order valence-corrected chi connectivity index (χ1v) is 8.55. The number of sulfone groups is 1. The summed E-state index contributed by atoms with van der Waals surface area (Å²) in [6, 6.07) is 0. The smallest absolute Gasteiger partial charge is 0.148 e. The molecule has 0 aromatic rings. The molecule has 0 amide bonds. The van der Waals surface area contributed by atoms with Crippen LogP contribution in [-0.4, -0.2) is 69.5 Å². The van der Waals surface area contributed by atoms with Crippen molar-refractivity contribution in [3.05, 3.63) is 0 Å². The fourth-order valence-electron chi connectivity index (χ4n) is 2.24. The number of nitrogens with zero attached hydrogens (tertiary/aromatic N) is 2. The van der Waals surface area contributed by atoms with Gasteiger partial charge in [0.2, 0.25) is 0 Å². The van der Waals surface area contributed by atoms with Gasteiger partial charge >= 0.3 is 0 Å². The highest BCUT2D eigenvalue weighted by Crippen LogP contribution is 2.06. The maximum absolute atomic E-state index is 11.1. The zero-order valence-electron chi connectivity index (χ0n) is 11.4. The van der Waals surface area contributed by atoms with Gasteiger partial charge in [0, 0.05) is 32.4 Å². The Bertz CT molecular complexity index is 314. The third-order valence-electron chi connectivity index (χ3n) is 3.08. The lowest BCUT2D eigenvalue weighted by Gasteiger charge is -2.22. The normalized spacial score (nSPS) is 20.7. The van der Waals surface area contributed by atoms with Gasteiger partial charge < -0.3 is 9.80 Å². The van der Waals surface area contributed by atoms with Crippen LogP contribution >= 0.6 is 0 Å². The van der Waals surface area contributed by atoms with Crippen molar-refractivity contribution in [2.75, 3.05) is 51.3 Å². The Hall–Kier alpha value is -0.130. The minimum atomic E-state index is -2.82. The molecule has 0 radical (unpaired) electrons. The van der Waals surface area contributed by atoms with Crippen molar-refractivity contribution in [3.63, 3.8) is 0 Å². The van der Waals surface area contributed by atoms with E-state index in [0.29, 0.717) is 12.5 Å². The predicted molar refractivity (Wildman–Crippen MR) is 72.0 cm³/mol. The summed E-state index contributed by atoms with van der Waals surface area (Å²) in [5.41, 5.74) is 0. The molecule has 0 saturated carbocycles. The molecule has 0 atom stereocenters. The first-order valence-electron chi connectivity index (χ1n) is 6.49. The third kappa shape index (κ3) is 7.01. The van der Waals surface area contributed by atoms with Crippen LogP contribution < -0.4 is 0 Å². The quantitative estimate of drug-likeness (QED) is 0.731. The van der Waals surface area contributed by atoms with Gasteiger partial charge in [-0.2, -0.15) is 0 Å². The van der Waals surface area contributed by atoms with Gasteiger partial charge in [-0.05, 0) is 25.4 Å². The molecule has 1 heterocycles. The summed E-state index contributed by atoms with van der Waals surface area (Å²) in [5.74, 6) is 0.995. The molecule has 0 N–H and O–H groups in total. The van der Waals surface area contributed by atoms with E-state index in [2.05, 4.69) is 23.6 Å². The Labute approximate surface area is 106 Å². The second-order valence-electron chi connectivity index (χ2n) is 5.52. The molecular formula is C12H26N2O2S. The Morgan fingerprint density at radius 3 is 2.24 bits per heavy atom. The molecule has 5 heteroatoms. The minimum absolute atomic E-state index is 0.289. The molecule has 0 aromatic heterocycles. The second-order valence-corrected chi connectivity index (χ2v) is 7.78. The zero-order chi connectivity index (χ0) is 12.9. The molecule has 0 bridgehead atoms. The van der Waals surface area contributed by atoms with Crippen LogP contribution in [0.1, 0.15) is 20.3 Å². The molecule has 4 nitrogen and oxygen atoms in total. The maximum Gasteiger partial charge on any atom is 0.148 e. The van der Waals surface area contributed by atoms with Gasteiger partial charge in [0.1, 0.15) is 9.84 Å². The molecule has 1 fully saturated rings. The van der Waals surface area contributed by atoms with Crippen LogP contribution in [0.3, 0.4) is 0 Å². The van der Waals surface area contributed by atoms with Crippen molar-refractivity contribution in [1.29, 1.82) is 0 Å². The standard InChI is InChI=1S/C12H26N2O2S/c1-12(2)11-14-6-4-5-13(7-8-14)9-10-17(3,15)16/h12H,4-11H2,1-3H3. The van der Waals surface area contributed by atoms with E-state index in [4.69, 9.17) is 0 Å². The summed E-state index contributed by atoms with van der Waals surface area (Å²) >= 11 is 0. The van der Waals surface area contributed by atoms with Gasteiger partial charge in [-0.3, -0.25) is 0 Å². The summed E-state index contributed by atoms with van der Waals surface area (Å²) in [6.45, 7) is 10.6. The highest BCUT2D eigenvalue weighted by Gasteiger charge is 2.16. The molecule has 17 heavy (non-hydrogen) atoms. The topological polar surface area (TPSA) is 40.6 Å². The summed E-state index contributed by atoms with van der Waals surface area (Å²) in [6.07, 6.45) is 2.46. The van der Waals surface area contributed by atoms with Gasteiger partial charge in [-0.25, -0.2) is 8.42 Å². The van der Waals surface area contributed by atoms with Crippen LogP contribution in [0.25, 0.3) is 0 Å². The van der Waals surface area contributed by atoms with E-state index >= 15 is 0 Å². The Morgan fingerprint density at radius 2 is 1.65 bits per heavy atom. The van der Waals surface area contributed by atoms with Crippen molar-refractivity contribution in [3.8, 4) is 0 Å². The molecule has 1 aliphatic heterocycles.